The summed E-state index contributed by atoms with van der Waals surface area (Å²) in [4.78, 5) is 15.0. The van der Waals surface area contributed by atoms with E-state index in [1.807, 2.05) is 10.7 Å². The van der Waals surface area contributed by atoms with E-state index in [0.29, 0.717) is 13.1 Å². The summed E-state index contributed by atoms with van der Waals surface area (Å²) in [5, 5.41) is 7.74. The summed E-state index contributed by atoms with van der Waals surface area (Å²) >= 11 is 1.52. The Kier molecular flexibility index (Phi) is 4.92. The molecule has 0 aliphatic carbocycles. The number of hydrogen-bond acceptors (Lipinski definition) is 4. The molecule has 0 fully saturated rings. The van der Waals surface area contributed by atoms with Gasteiger partial charge in [-0.2, -0.15) is 13.2 Å². The number of anilines is 1. The molecule has 0 aliphatic heterocycles. The molecule has 112 valence electrons. The predicted octanol–water partition coefficient (Wildman–Crippen LogP) is 2.93. The smallest absolute Gasteiger partial charge is 0.318 e. The van der Waals surface area contributed by atoms with Gasteiger partial charge in [-0.1, -0.05) is 12.1 Å². The molecule has 8 heteroatoms. The van der Waals surface area contributed by atoms with Crippen LogP contribution in [0.2, 0.25) is 0 Å². The van der Waals surface area contributed by atoms with Gasteiger partial charge >= 0.3 is 12.1 Å². The Morgan fingerprint density at radius 1 is 1.29 bits per heavy atom. The molecule has 21 heavy (non-hydrogen) atoms. The largest absolute Gasteiger partial charge is 0.471 e. The van der Waals surface area contributed by atoms with E-state index in [1.165, 1.54) is 23.5 Å². The molecule has 0 aliphatic rings. The Morgan fingerprint density at radius 2 is 2.10 bits per heavy atom. The molecule has 2 rings (SSSR count). The van der Waals surface area contributed by atoms with Gasteiger partial charge in [-0.05, 0) is 17.7 Å². The maximum Gasteiger partial charge on any atom is 0.471 e. The van der Waals surface area contributed by atoms with E-state index in [1.54, 1.807) is 18.3 Å². The Hall–Kier alpha value is -1.93. The molecule has 1 amide bonds. The molecule has 0 bridgehead atoms. The number of halogens is 3. The van der Waals surface area contributed by atoms with Crippen molar-refractivity contribution in [2.45, 2.75) is 19.3 Å². The van der Waals surface area contributed by atoms with Crippen molar-refractivity contribution in [2.75, 3.05) is 5.32 Å². The van der Waals surface area contributed by atoms with Crippen molar-refractivity contribution >= 4 is 22.9 Å². The molecule has 2 aromatic rings. The van der Waals surface area contributed by atoms with Gasteiger partial charge in [0.1, 0.15) is 5.01 Å². The second kappa shape index (κ2) is 6.68. The van der Waals surface area contributed by atoms with Crippen LogP contribution in [0.3, 0.4) is 0 Å². The fourth-order valence-electron chi connectivity index (χ4n) is 1.62. The molecule has 0 saturated carbocycles. The van der Waals surface area contributed by atoms with Crippen LogP contribution in [-0.2, 0) is 17.9 Å². The Bertz CT molecular complexity index is 599. The molecule has 2 N–H and O–H groups in total. The van der Waals surface area contributed by atoms with Crippen LogP contribution in [0.15, 0.2) is 35.8 Å². The van der Waals surface area contributed by atoms with Crippen LogP contribution in [0.5, 0.6) is 0 Å². The van der Waals surface area contributed by atoms with Gasteiger partial charge in [0.2, 0.25) is 0 Å². The number of amides is 1. The molecule has 0 spiro atoms. The van der Waals surface area contributed by atoms with E-state index in [2.05, 4.69) is 10.3 Å². The van der Waals surface area contributed by atoms with Crippen molar-refractivity contribution in [2.24, 2.45) is 0 Å². The average Bonchev–Trinajstić information content (AvgIpc) is 2.91. The Balaban J connectivity index is 1.90. The van der Waals surface area contributed by atoms with E-state index in [-0.39, 0.29) is 5.69 Å². The second-order valence-corrected chi connectivity index (χ2v) is 5.16. The summed E-state index contributed by atoms with van der Waals surface area (Å²) in [5.74, 6) is -1.98. The number of aromatic nitrogens is 1. The first-order valence-electron chi connectivity index (χ1n) is 6.01. The topological polar surface area (TPSA) is 54.0 Å². The van der Waals surface area contributed by atoms with Crippen LogP contribution >= 0.6 is 11.3 Å². The fraction of sp³-hybridized carbons (Fsp3) is 0.231. The van der Waals surface area contributed by atoms with Crippen LogP contribution < -0.4 is 10.6 Å². The van der Waals surface area contributed by atoms with Crippen LogP contribution in [0.4, 0.5) is 18.9 Å². The predicted molar refractivity (Wildman–Crippen MR) is 73.8 cm³/mol. The molecule has 1 aromatic carbocycles. The first-order valence-corrected chi connectivity index (χ1v) is 6.89. The first kappa shape index (κ1) is 15.5. The first-order chi connectivity index (χ1) is 9.95. The maximum absolute atomic E-state index is 12.2. The van der Waals surface area contributed by atoms with Crippen molar-refractivity contribution in [1.29, 1.82) is 0 Å². The van der Waals surface area contributed by atoms with Crippen LogP contribution in [0.25, 0.3) is 0 Å². The van der Waals surface area contributed by atoms with Gasteiger partial charge in [0, 0.05) is 30.4 Å². The summed E-state index contributed by atoms with van der Waals surface area (Å²) in [6.45, 7) is 1.05. The number of thiazole rings is 1. The van der Waals surface area contributed by atoms with Crippen molar-refractivity contribution < 1.29 is 18.0 Å². The summed E-state index contributed by atoms with van der Waals surface area (Å²) < 4.78 is 36.5. The number of alkyl halides is 3. The van der Waals surface area contributed by atoms with Gasteiger partial charge < -0.3 is 10.6 Å². The van der Waals surface area contributed by atoms with Gasteiger partial charge in [-0.15, -0.1) is 11.3 Å². The molecule has 0 unspecified atom stereocenters. The molecule has 1 heterocycles. The Labute approximate surface area is 123 Å². The van der Waals surface area contributed by atoms with Gasteiger partial charge in [0.05, 0.1) is 0 Å². The molecule has 0 atom stereocenters. The average molecular weight is 315 g/mol. The van der Waals surface area contributed by atoms with E-state index in [0.717, 1.165) is 10.6 Å². The lowest BCUT2D eigenvalue weighted by Crippen LogP contribution is -2.29. The highest BCUT2D eigenvalue weighted by Gasteiger charge is 2.38. The zero-order valence-corrected chi connectivity index (χ0v) is 11.6. The molecule has 4 nitrogen and oxygen atoms in total. The highest BCUT2D eigenvalue weighted by atomic mass is 32.1. The molecular formula is C13H12F3N3OS. The number of rotatable bonds is 5. The minimum absolute atomic E-state index is 0.117. The van der Waals surface area contributed by atoms with E-state index < -0.39 is 12.1 Å². The van der Waals surface area contributed by atoms with Crippen LogP contribution in [-0.4, -0.2) is 17.1 Å². The summed E-state index contributed by atoms with van der Waals surface area (Å²) in [6, 6.07) is 6.26. The minimum atomic E-state index is -4.89. The lowest BCUT2D eigenvalue weighted by atomic mass is 10.2. The number of benzene rings is 1. The third-order valence-corrected chi connectivity index (χ3v) is 3.31. The zero-order valence-electron chi connectivity index (χ0n) is 10.8. The lowest BCUT2D eigenvalue weighted by Gasteiger charge is -2.09. The second-order valence-electron chi connectivity index (χ2n) is 4.18. The highest BCUT2D eigenvalue weighted by molar-refractivity contribution is 7.09. The number of carbonyl (C=O) groups excluding carboxylic acids is 1. The number of hydrogen-bond donors (Lipinski definition) is 2. The van der Waals surface area contributed by atoms with Gasteiger partial charge in [-0.3, -0.25) is 4.79 Å². The van der Waals surface area contributed by atoms with Gasteiger partial charge in [0.15, 0.2) is 0 Å². The number of carbonyl (C=O) groups is 1. The quantitative estimate of drug-likeness (QED) is 0.892. The Morgan fingerprint density at radius 3 is 2.76 bits per heavy atom. The van der Waals surface area contributed by atoms with Gasteiger partial charge in [0.25, 0.3) is 0 Å². The molecular weight excluding hydrogens is 303 g/mol. The third kappa shape index (κ3) is 4.83. The summed E-state index contributed by atoms with van der Waals surface area (Å²) in [6.07, 6.45) is -3.19. The molecule has 0 radical (unpaired) electrons. The maximum atomic E-state index is 12.2. The SMILES string of the molecule is O=C(Nc1cccc(CNCc2nccs2)c1)C(F)(F)F. The lowest BCUT2D eigenvalue weighted by molar-refractivity contribution is -0.167. The standard InChI is InChI=1S/C13H12F3N3OS/c14-13(15,16)12(20)19-10-3-1-2-9(6-10)7-17-8-11-18-4-5-21-11/h1-6,17H,7-8H2,(H,19,20). The number of nitrogens with zero attached hydrogens (tertiary/aromatic N) is 1. The highest BCUT2D eigenvalue weighted by Crippen LogP contribution is 2.19. The fourth-order valence-corrected chi connectivity index (χ4v) is 2.20. The van der Waals surface area contributed by atoms with Crippen molar-refractivity contribution in [3.63, 3.8) is 0 Å². The monoisotopic (exact) mass is 315 g/mol. The van der Waals surface area contributed by atoms with Crippen molar-refractivity contribution in [1.82, 2.24) is 10.3 Å². The van der Waals surface area contributed by atoms with E-state index in [9.17, 15) is 18.0 Å². The minimum Gasteiger partial charge on any atom is -0.318 e. The van der Waals surface area contributed by atoms with E-state index in [4.69, 9.17) is 0 Å². The summed E-state index contributed by atoms with van der Waals surface area (Å²) in [7, 11) is 0. The van der Waals surface area contributed by atoms with Crippen LogP contribution in [0, 0.1) is 0 Å². The van der Waals surface area contributed by atoms with Crippen LogP contribution in [0.1, 0.15) is 10.6 Å². The normalized spacial score (nSPS) is 11.4. The van der Waals surface area contributed by atoms with Crippen molar-refractivity contribution in [3.05, 3.63) is 46.4 Å². The van der Waals surface area contributed by atoms with E-state index >= 15 is 0 Å². The number of nitrogens with one attached hydrogen (secondary N) is 2. The zero-order chi connectivity index (χ0) is 15.3. The summed E-state index contributed by atoms with van der Waals surface area (Å²) in [5.41, 5.74) is 0.886. The third-order valence-electron chi connectivity index (χ3n) is 2.53. The molecule has 0 saturated heterocycles. The van der Waals surface area contributed by atoms with Crippen molar-refractivity contribution in [3.8, 4) is 0 Å². The molecule has 1 aromatic heterocycles. The van der Waals surface area contributed by atoms with Gasteiger partial charge in [-0.25, -0.2) is 4.98 Å².